The van der Waals surface area contributed by atoms with Crippen LogP contribution in [0.15, 0.2) is 71.2 Å². The smallest absolute Gasteiger partial charge is 0.230 e. The summed E-state index contributed by atoms with van der Waals surface area (Å²) in [7, 11) is 1.59. The Hall–Kier alpha value is -3.50. The van der Waals surface area contributed by atoms with Crippen LogP contribution in [-0.2, 0) is 17.9 Å². The molecule has 1 amide bonds. The zero-order valence-electron chi connectivity index (χ0n) is 17.9. The van der Waals surface area contributed by atoms with Gasteiger partial charge >= 0.3 is 0 Å². The number of nitrogens with zero attached hydrogens (tertiary/aromatic N) is 3. The van der Waals surface area contributed by atoms with Crippen molar-refractivity contribution >= 4 is 29.0 Å². The molecule has 2 heterocycles. The topological polar surface area (TPSA) is 104 Å². The molecule has 0 atom stereocenters. The molecular formula is C23H23N5O3S2. The standard InChI is InChI=1S/C23H23N5O3S2/c1-30-19-12-17(9-10-18(19)31-14-16-6-3-2-4-7-16)13-25-21(29)15-33-23-27-26-22(28(23)24)20-8-5-11-32-20/h2-12H,13-15,24H2,1H3,(H,25,29). The van der Waals surface area contributed by atoms with E-state index in [1.54, 1.807) is 7.11 Å². The third-order valence-electron chi connectivity index (χ3n) is 4.69. The lowest BCUT2D eigenvalue weighted by atomic mass is 10.2. The van der Waals surface area contributed by atoms with E-state index in [-0.39, 0.29) is 11.7 Å². The van der Waals surface area contributed by atoms with Crippen molar-refractivity contribution in [3.63, 3.8) is 0 Å². The molecule has 33 heavy (non-hydrogen) atoms. The largest absolute Gasteiger partial charge is 0.493 e. The molecule has 0 saturated heterocycles. The van der Waals surface area contributed by atoms with Gasteiger partial charge in [-0.05, 0) is 34.7 Å². The first-order valence-corrected chi connectivity index (χ1v) is 12.0. The number of hydrogen-bond donors (Lipinski definition) is 2. The van der Waals surface area contributed by atoms with Gasteiger partial charge in [-0.1, -0.05) is 54.2 Å². The van der Waals surface area contributed by atoms with Crippen LogP contribution in [-0.4, -0.2) is 33.6 Å². The molecule has 0 unspecified atom stereocenters. The molecule has 0 aliphatic heterocycles. The minimum Gasteiger partial charge on any atom is -0.493 e. The van der Waals surface area contributed by atoms with Gasteiger partial charge in [-0.25, -0.2) is 4.68 Å². The second-order valence-electron chi connectivity index (χ2n) is 6.98. The second kappa shape index (κ2) is 10.9. The van der Waals surface area contributed by atoms with E-state index in [1.165, 1.54) is 27.8 Å². The van der Waals surface area contributed by atoms with Crippen molar-refractivity contribution in [1.82, 2.24) is 20.2 Å². The molecule has 10 heteroatoms. The van der Waals surface area contributed by atoms with Gasteiger partial charge in [0.25, 0.3) is 0 Å². The van der Waals surface area contributed by atoms with E-state index in [4.69, 9.17) is 15.3 Å². The van der Waals surface area contributed by atoms with Crippen LogP contribution in [0.5, 0.6) is 11.5 Å². The number of hydrogen-bond acceptors (Lipinski definition) is 8. The van der Waals surface area contributed by atoms with Crippen molar-refractivity contribution in [1.29, 1.82) is 0 Å². The monoisotopic (exact) mass is 481 g/mol. The number of carbonyl (C=O) groups is 1. The molecule has 0 aliphatic carbocycles. The van der Waals surface area contributed by atoms with Gasteiger partial charge in [-0.15, -0.1) is 21.5 Å². The first-order valence-electron chi connectivity index (χ1n) is 10.1. The Morgan fingerprint density at radius 3 is 2.70 bits per heavy atom. The van der Waals surface area contributed by atoms with Crippen LogP contribution in [0.1, 0.15) is 11.1 Å². The highest BCUT2D eigenvalue weighted by molar-refractivity contribution is 7.99. The Labute approximate surface area is 199 Å². The molecule has 2 aromatic carbocycles. The number of aromatic nitrogens is 3. The van der Waals surface area contributed by atoms with Crippen molar-refractivity contribution < 1.29 is 14.3 Å². The number of nitrogens with one attached hydrogen (secondary N) is 1. The minimum absolute atomic E-state index is 0.135. The Bertz CT molecular complexity index is 1200. The van der Waals surface area contributed by atoms with Gasteiger partial charge in [0, 0.05) is 6.54 Å². The molecule has 170 valence electrons. The van der Waals surface area contributed by atoms with E-state index in [2.05, 4.69) is 15.5 Å². The zero-order valence-corrected chi connectivity index (χ0v) is 19.6. The number of ether oxygens (including phenoxy) is 2. The molecular weight excluding hydrogens is 458 g/mol. The molecule has 4 aromatic rings. The fourth-order valence-electron chi connectivity index (χ4n) is 3.01. The summed E-state index contributed by atoms with van der Waals surface area (Å²) in [6.45, 7) is 0.814. The molecule has 0 radical (unpaired) electrons. The van der Waals surface area contributed by atoms with Gasteiger partial charge in [0.05, 0.1) is 17.7 Å². The number of thiophene rings is 1. The highest BCUT2D eigenvalue weighted by Gasteiger charge is 2.14. The summed E-state index contributed by atoms with van der Waals surface area (Å²) >= 11 is 2.76. The average Bonchev–Trinajstić information content (AvgIpc) is 3.50. The van der Waals surface area contributed by atoms with E-state index in [0.717, 1.165) is 16.0 Å². The number of rotatable bonds is 10. The van der Waals surface area contributed by atoms with Gasteiger partial charge in [0.2, 0.25) is 11.1 Å². The number of nitrogens with two attached hydrogens (primary N) is 1. The van der Waals surface area contributed by atoms with E-state index < -0.39 is 0 Å². The Kier molecular flexibility index (Phi) is 7.48. The van der Waals surface area contributed by atoms with Crippen LogP contribution >= 0.6 is 23.1 Å². The minimum atomic E-state index is -0.135. The maximum atomic E-state index is 12.3. The van der Waals surface area contributed by atoms with Gasteiger partial charge in [0.15, 0.2) is 17.3 Å². The van der Waals surface area contributed by atoms with Gasteiger partial charge in [0.1, 0.15) is 6.61 Å². The van der Waals surface area contributed by atoms with E-state index in [9.17, 15) is 4.79 Å². The molecule has 3 N–H and O–H groups in total. The quantitative estimate of drug-likeness (QED) is 0.263. The fraction of sp³-hybridized carbons (Fsp3) is 0.174. The van der Waals surface area contributed by atoms with Crippen LogP contribution in [0.4, 0.5) is 0 Å². The molecule has 0 spiro atoms. The number of thioether (sulfide) groups is 1. The molecule has 0 bridgehead atoms. The zero-order chi connectivity index (χ0) is 23.0. The summed E-state index contributed by atoms with van der Waals surface area (Å²) in [5, 5.41) is 13.5. The second-order valence-corrected chi connectivity index (χ2v) is 8.87. The number of methoxy groups -OCH3 is 1. The highest BCUT2D eigenvalue weighted by Crippen LogP contribution is 2.29. The average molecular weight is 482 g/mol. The van der Waals surface area contributed by atoms with Crippen molar-refractivity contribution in [2.45, 2.75) is 18.3 Å². The Morgan fingerprint density at radius 1 is 1.09 bits per heavy atom. The van der Waals surface area contributed by atoms with Crippen LogP contribution in [0.25, 0.3) is 10.7 Å². The van der Waals surface area contributed by atoms with Gasteiger partial charge < -0.3 is 20.6 Å². The molecule has 8 nitrogen and oxygen atoms in total. The van der Waals surface area contributed by atoms with E-state index in [0.29, 0.717) is 35.6 Å². The summed E-state index contributed by atoms with van der Waals surface area (Å²) in [6.07, 6.45) is 0. The third kappa shape index (κ3) is 5.85. The van der Waals surface area contributed by atoms with Crippen LogP contribution in [0.3, 0.4) is 0 Å². The van der Waals surface area contributed by atoms with Crippen molar-refractivity contribution in [2.75, 3.05) is 18.7 Å². The predicted octanol–water partition coefficient (Wildman–Crippen LogP) is 3.72. The van der Waals surface area contributed by atoms with E-state index in [1.807, 2.05) is 66.0 Å². The van der Waals surface area contributed by atoms with Crippen LogP contribution < -0.4 is 20.6 Å². The van der Waals surface area contributed by atoms with Crippen LogP contribution in [0.2, 0.25) is 0 Å². The van der Waals surface area contributed by atoms with Crippen LogP contribution in [0, 0.1) is 0 Å². The lowest BCUT2D eigenvalue weighted by molar-refractivity contribution is -0.118. The number of amides is 1. The molecule has 2 aromatic heterocycles. The molecule has 0 saturated carbocycles. The SMILES string of the molecule is COc1cc(CNC(=O)CSc2nnc(-c3cccs3)n2N)ccc1OCc1ccccc1. The van der Waals surface area contributed by atoms with E-state index >= 15 is 0 Å². The molecule has 0 aliphatic rings. The number of carbonyl (C=O) groups excluding carboxylic acids is 1. The first-order chi connectivity index (χ1) is 16.1. The first kappa shape index (κ1) is 22.7. The summed E-state index contributed by atoms with van der Waals surface area (Å²) in [6, 6.07) is 19.4. The lowest BCUT2D eigenvalue weighted by Gasteiger charge is -2.13. The van der Waals surface area contributed by atoms with Crippen molar-refractivity contribution in [3.8, 4) is 22.2 Å². The third-order valence-corrected chi connectivity index (χ3v) is 6.50. The summed E-state index contributed by atoms with van der Waals surface area (Å²) in [5.74, 6) is 7.96. The highest BCUT2D eigenvalue weighted by atomic mass is 32.2. The van der Waals surface area contributed by atoms with Crippen molar-refractivity contribution in [3.05, 3.63) is 77.2 Å². The number of nitrogen functional groups attached to an aromatic ring is 1. The Balaban J connectivity index is 1.28. The lowest BCUT2D eigenvalue weighted by Crippen LogP contribution is -2.25. The summed E-state index contributed by atoms with van der Waals surface area (Å²) in [5.41, 5.74) is 1.98. The molecule has 4 rings (SSSR count). The van der Waals surface area contributed by atoms with Gasteiger partial charge in [-0.2, -0.15) is 0 Å². The normalized spacial score (nSPS) is 10.7. The number of benzene rings is 2. The summed E-state index contributed by atoms with van der Waals surface area (Å²) in [4.78, 5) is 13.3. The maximum absolute atomic E-state index is 12.3. The van der Waals surface area contributed by atoms with Gasteiger partial charge in [-0.3, -0.25) is 4.79 Å². The maximum Gasteiger partial charge on any atom is 0.230 e. The fourth-order valence-corrected chi connectivity index (χ4v) is 4.40. The molecule has 0 fully saturated rings. The summed E-state index contributed by atoms with van der Waals surface area (Å²) < 4.78 is 12.7. The van der Waals surface area contributed by atoms with Crippen molar-refractivity contribution in [2.24, 2.45) is 0 Å². The Morgan fingerprint density at radius 2 is 1.94 bits per heavy atom. The predicted molar refractivity (Wildman–Crippen MR) is 130 cm³/mol.